The zero-order chi connectivity index (χ0) is 7.90. The maximum atomic E-state index is 9.79. The molecule has 1 unspecified atom stereocenters. The zero-order valence-corrected chi connectivity index (χ0v) is 7.09. The van der Waals surface area contributed by atoms with Gasteiger partial charge in [0.15, 0.2) is 0 Å². The van der Waals surface area contributed by atoms with Crippen molar-refractivity contribution in [2.45, 2.75) is 38.2 Å². The SMILES string of the molecule is CC1(O)C[C@H]2CCC=C[C@H]2C1. The third-order valence-corrected chi connectivity index (χ3v) is 3.07. The monoisotopic (exact) mass is 152 g/mol. The second-order valence-electron chi connectivity index (χ2n) is 4.33. The van der Waals surface area contributed by atoms with E-state index < -0.39 is 0 Å². The zero-order valence-electron chi connectivity index (χ0n) is 7.09. The molecule has 0 saturated heterocycles. The van der Waals surface area contributed by atoms with E-state index >= 15 is 0 Å². The van der Waals surface area contributed by atoms with Gasteiger partial charge in [0, 0.05) is 0 Å². The van der Waals surface area contributed by atoms with Gasteiger partial charge in [0.25, 0.3) is 0 Å². The van der Waals surface area contributed by atoms with Crippen molar-refractivity contribution in [1.82, 2.24) is 0 Å². The fourth-order valence-electron chi connectivity index (χ4n) is 2.60. The van der Waals surface area contributed by atoms with Gasteiger partial charge in [0.2, 0.25) is 0 Å². The lowest BCUT2D eigenvalue weighted by Gasteiger charge is -2.18. The Balaban J connectivity index is 2.12. The Morgan fingerprint density at radius 3 is 3.00 bits per heavy atom. The van der Waals surface area contributed by atoms with Crippen molar-refractivity contribution in [3.05, 3.63) is 12.2 Å². The molecular weight excluding hydrogens is 136 g/mol. The molecule has 0 amide bonds. The van der Waals surface area contributed by atoms with Gasteiger partial charge < -0.3 is 5.11 Å². The van der Waals surface area contributed by atoms with Crippen molar-refractivity contribution in [2.24, 2.45) is 11.8 Å². The van der Waals surface area contributed by atoms with E-state index in [9.17, 15) is 5.11 Å². The molecule has 1 nitrogen and oxygen atoms in total. The Labute approximate surface area is 68.1 Å². The van der Waals surface area contributed by atoms with Gasteiger partial charge in [-0.1, -0.05) is 12.2 Å². The Hall–Kier alpha value is -0.300. The predicted octanol–water partition coefficient (Wildman–Crippen LogP) is 2.11. The van der Waals surface area contributed by atoms with Crippen LogP contribution < -0.4 is 0 Å². The van der Waals surface area contributed by atoms with Crippen molar-refractivity contribution in [3.8, 4) is 0 Å². The first-order valence-corrected chi connectivity index (χ1v) is 4.56. The highest BCUT2D eigenvalue weighted by Crippen LogP contribution is 2.44. The number of hydrogen-bond donors (Lipinski definition) is 1. The lowest BCUT2D eigenvalue weighted by atomic mass is 9.87. The van der Waals surface area contributed by atoms with Gasteiger partial charge in [0.1, 0.15) is 0 Å². The summed E-state index contributed by atoms with van der Waals surface area (Å²) in [6.07, 6.45) is 9.07. The van der Waals surface area contributed by atoms with Crippen LogP contribution in [0.3, 0.4) is 0 Å². The average molecular weight is 152 g/mol. The molecule has 1 saturated carbocycles. The van der Waals surface area contributed by atoms with Gasteiger partial charge in [-0.3, -0.25) is 0 Å². The summed E-state index contributed by atoms with van der Waals surface area (Å²) in [5, 5.41) is 9.79. The summed E-state index contributed by atoms with van der Waals surface area (Å²) in [7, 11) is 0. The maximum Gasteiger partial charge on any atom is 0.0628 e. The minimum atomic E-state index is -0.371. The molecule has 1 heteroatoms. The predicted molar refractivity (Wildman–Crippen MR) is 45.2 cm³/mol. The van der Waals surface area contributed by atoms with Crippen LogP contribution in [0, 0.1) is 11.8 Å². The Morgan fingerprint density at radius 2 is 2.27 bits per heavy atom. The Kier molecular flexibility index (Phi) is 1.57. The summed E-state index contributed by atoms with van der Waals surface area (Å²) in [6.45, 7) is 1.97. The molecule has 11 heavy (non-hydrogen) atoms. The fourth-order valence-corrected chi connectivity index (χ4v) is 2.60. The van der Waals surface area contributed by atoms with Gasteiger partial charge in [-0.25, -0.2) is 0 Å². The molecule has 62 valence electrons. The van der Waals surface area contributed by atoms with Gasteiger partial charge in [-0.2, -0.15) is 0 Å². The summed E-state index contributed by atoms with van der Waals surface area (Å²) in [4.78, 5) is 0. The minimum absolute atomic E-state index is 0.371. The smallest absolute Gasteiger partial charge is 0.0628 e. The number of rotatable bonds is 0. The summed E-state index contributed by atoms with van der Waals surface area (Å²) in [5.41, 5.74) is -0.371. The van der Waals surface area contributed by atoms with E-state index in [1.54, 1.807) is 0 Å². The average Bonchev–Trinajstić information content (AvgIpc) is 2.21. The highest BCUT2D eigenvalue weighted by molar-refractivity contribution is 5.05. The Bertz CT molecular complexity index is 181. The normalized spacial score (nSPS) is 49.3. The molecule has 2 rings (SSSR count). The molecule has 0 spiro atoms. The quantitative estimate of drug-likeness (QED) is 0.527. The van der Waals surface area contributed by atoms with Crippen molar-refractivity contribution in [3.63, 3.8) is 0 Å². The first kappa shape index (κ1) is 7.35. The van der Waals surface area contributed by atoms with Crippen LogP contribution in [-0.2, 0) is 0 Å². The molecule has 0 bridgehead atoms. The summed E-state index contributed by atoms with van der Waals surface area (Å²) < 4.78 is 0. The van der Waals surface area contributed by atoms with E-state index in [-0.39, 0.29) is 5.60 Å². The van der Waals surface area contributed by atoms with Crippen LogP contribution in [0.15, 0.2) is 12.2 Å². The van der Waals surface area contributed by atoms with Crippen LogP contribution in [-0.4, -0.2) is 10.7 Å². The highest BCUT2D eigenvalue weighted by atomic mass is 16.3. The minimum Gasteiger partial charge on any atom is -0.390 e. The van der Waals surface area contributed by atoms with Crippen LogP contribution in [0.5, 0.6) is 0 Å². The van der Waals surface area contributed by atoms with Crippen molar-refractivity contribution < 1.29 is 5.11 Å². The first-order valence-electron chi connectivity index (χ1n) is 4.56. The molecule has 0 heterocycles. The molecule has 2 aliphatic rings. The van der Waals surface area contributed by atoms with E-state index in [1.807, 2.05) is 6.92 Å². The van der Waals surface area contributed by atoms with Crippen LogP contribution >= 0.6 is 0 Å². The number of allylic oxidation sites excluding steroid dienone is 2. The second-order valence-corrected chi connectivity index (χ2v) is 4.33. The van der Waals surface area contributed by atoms with Gasteiger partial charge in [-0.05, 0) is 44.4 Å². The summed E-state index contributed by atoms with van der Waals surface area (Å²) >= 11 is 0. The molecule has 0 aromatic heterocycles. The molecule has 2 aliphatic carbocycles. The first-order chi connectivity index (χ1) is 5.17. The van der Waals surface area contributed by atoms with Crippen LogP contribution in [0.25, 0.3) is 0 Å². The van der Waals surface area contributed by atoms with Gasteiger partial charge in [0.05, 0.1) is 5.60 Å². The molecule has 3 atom stereocenters. The Morgan fingerprint density at radius 1 is 1.45 bits per heavy atom. The van der Waals surface area contributed by atoms with E-state index in [1.165, 1.54) is 12.8 Å². The molecule has 1 N–H and O–H groups in total. The maximum absolute atomic E-state index is 9.79. The summed E-state index contributed by atoms with van der Waals surface area (Å²) in [6, 6.07) is 0. The number of fused-ring (bicyclic) bond motifs is 1. The van der Waals surface area contributed by atoms with Crippen LogP contribution in [0.2, 0.25) is 0 Å². The van der Waals surface area contributed by atoms with E-state index in [0.29, 0.717) is 5.92 Å². The molecule has 0 aromatic carbocycles. The second kappa shape index (κ2) is 2.34. The third kappa shape index (κ3) is 1.34. The molecule has 0 aliphatic heterocycles. The largest absolute Gasteiger partial charge is 0.390 e. The van der Waals surface area contributed by atoms with Gasteiger partial charge >= 0.3 is 0 Å². The van der Waals surface area contributed by atoms with E-state index in [0.717, 1.165) is 18.8 Å². The standard InChI is InChI=1S/C10H16O/c1-10(11)6-8-4-2-3-5-9(8)7-10/h2,4,8-9,11H,3,5-7H2,1H3/t8-,9+,10?/m0/s1. The van der Waals surface area contributed by atoms with E-state index in [2.05, 4.69) is 12.2 Å². The number of hydrogen-bond acceptors (Lipinski definition) is 1. The topological polar surface area (TPSA) is 20.2 Å². The lowest BCUT2D eigenvalue weighted by molar-refractivity contribution is 0.0620. The van der Waals surface area contributed by atoms with Crippen LogP contribution in [0.1, 0.15) is 32.6 Å². The molecule has 1 fully saturated rings. The van der Waals surface area contributed by atoms with Crippen LogP contribution in [0.4, 0.5) is 0 Å². The lowest BCUT2D eigenvalue weighted by Crippen LogP contribution is -2.18. The summed E-state index contributed by atoms with van der Waals surface area (Å²) in [5.74, 6) is 1.45. The highest BCUT2D eigenvalue weighted by Gasteiger charge is 2.39. The molecule has 0 radical (unpaired) electrons. The van der Waals surface area contributed by atoms with Crippen molar-refractivity contribution >= 4 is 0 Å². The van der Waals surface area contributed by atoms with Crippen molar-refractivity contribution in [2.75, 3.05) is 0 Å². The number of aliphatic hydroxyl groups is 1. The molecular formula is C10H16O. The van der Waals surface area contributed by atoms with Crippen molar-refractivity contribution in [1.29, 1.82) is 0 Å². The fraction of sp³-hybridized carbons (Fsp3) is 0.800. The van der Waals surface area contributed by atoms with Gasteiger partial charge in [-0.15, -0.1) is 0 Å². The van der Waals surface area contributed by atoms with E-state index in [4.69, 9.17) is 0 Å². The third-order valence-electron chi connectivity index (χ3n) is 3.07. The molecule has 0 aromatic rings.